The first-order valence-corrected chi connectivity index (χ1v) is 9.59. The van der Waals surface area contributed by atoms with Gasteiger partial charge in [0.2, 0.25) is 0 Å². The summed E-state index contributed by atoms with van der Waals surface area (Å²) in [6.07, 6.45) is 10.6. The van der Waals surface area contributed by atoms with E-state index in [9.17, 15) is 9.18 Å². The molecule has 0 radical (unpaired) electrons. The molecule has 0 saturated heterocycles. The molecule has 3 rings (SSSR count). The smallest absolute Gasteiger partial charge is 0.315 e. The molecule has 1 aliphatic carbocycles. The van der Waals surface area contributed by atoms with Crippen molar-refractivity contribution in [2.75, 3.05) is 0 Å². The molecule has 0 bridgehead atoms. The fourth-order valence-corrected chi connectivity index (χ4v) is 4.38. The van der Waals surface area contributed by atoms with Crippen molar-refractivity contribution < 1.29 is 13.9 Å². The van der Waals surface area contributed by atoms with Crippen LogP contribution in [0.3, 0.4) is 0 Å². The zero-order chi connectivity index (χ0) is 17.1. The molecule has 0 amide bonds. The van der Waals surface area contributed by atoms with Gasteiger partial charge in [0.15, 0.2) is 11.6 Å². The van der Waals surface area contributed by atoms with E-state index in [1.807, 2.05) is 6.07 Å². The molecule has 1 aliphatic heterocycles. The summed E-state index contributed by atoms with van der Waals surface area (Å²) in [6.45, 7) is 3.95. The molecular formula is C21H29FO2. The molecule has 1 unspecified atom stereocenters. The van der Waals surface area contributed by atoms with E-state index >= 15 is 0 Å². The van der Waals surface area contributed by atoms with E-state index in [1.54, 1.807) is 13.0 Å². The summed E-state index contributed by atoms with van der Waals surface area (Å²) in [5.41, 5.74) is 1.39. The van der Waals surface area contributed by atoms with Crippen LogP contribution in [0.15, 0.2) is 12.1 Å². The van der Waals surface area contributed by atoms with E-state index in [-0.39, 0.29) is 23.5 Å². The molecule has 1 fully saturated rings. The molecule has 24 heavy (non-hydrogen) atoms. The van der Waals surface area contributed by atoms with Gasteiger partial charge in [-0.15, -0.1) is 0 Å². The number of benzene rings is 1. The van der Waals surface area contributed by atoms with Crippen molar-refractivity contribution in [2.24, 2.45) is 17.8 Å². The second-order valence-corrected chi connectivity index (χ2v) is 7.69. The number of esters is 1. The third-order valence-electron chi connectivity index (χ3n) is 5.99. The molecule has 0 aromatic heterocycles. The number of aryl methyl sites for hydroxylation is 1. The highest BCUT2D eigenvalue weighted by molar-refractivity contribution is 5.78. The van der Waals surface area contributed by atoms with E-state index in [1.165, 1.54) is 38.5 Å². The molecule has 1 saturated carbocycles. The SMILES string of the molecule is CCCCCC1CCC(C2Cc3ccc(C)c(F)c3OC2=O)CC1. The van der Waals surface area contributed by atoms with Gasteiger partial charge in [-0.3, -0.25) is 4.79 Å². The van der Waals surface area contributed by atoms with Crippen LogP contribution in [0.2, 0.25) is 0 Å². The van der Waals surface area contributed by atoms with E-state index in [0.29, 0.717) is 17.9 Å². The summed E-state index contributed by atoms with van der Waals surface area (Å²) in [4.78, 5) is 12.4. The Morgan fingerprint density at radius 3 is 2.62 bits per heavy atom. The highest BCUT2D eigenvalue weighted by Crippen LogP contribution is 2.41. The van der Waals surface area contributed by atoms with Gasteiger partial charge in [0.25, 0.3) is 0 Å². The predicted molar refractivity (Wildman–Crippen MR) is 93.6 cm³/mol. The normalized spacial score (nSPS) is 26.8. The standard InChI is InChI=1S/C21H29FO2/c1-3-4-5-6-15-8-11-16(12-9-15)18-13-17-10-7-14(2)19(22)20(17)24-21(18)23/h7,10,15-16,18H,3-6,8-9,11-13H2,1-2H3. The largest absolute Gasteiger partial charge is 0.423 e. The Balaban J connectivity index is 1.60. The molecule has 2 aliphatic rings. The Labute approximate surface area is 144 Å². The van der Waals surface area contributed by atoms with Crippen LogP contribution in [0.5, 0.6) is 5.75 Å². The summed E-state index contributed by atoms with van der Waals surface area (Å²) in [7, 11) is 0. The van der Waals surface area contributed by atoms with Crippen molar-refractivity contribution in [1.29, 1.82) is 0 Å². The number of hydrogen-bond donors (Lipinski definition) is 0. The van der Waals surface area contributed by atoms with Crippen LogP contribution in [-0.4, -0.2) is 5.97 Å². The van der Waals surface area contributed by atoms with Crippen LogP contribution in [0.25, 0.3) is 0 Å². The third-order valence-corrected chi connectivity index (χ3v) is 5.99. The maximum atomic E-state index is 14.1. The Morgan fingerprint density at radius 1 is 1.17 bits per heavy atom. The van der Waals surface area contributed by atoms with Crippen molar-refractivity contribution in [1.82, 2.24) is 0 Å². The predicted octanol–water partition coefficient (Wildman–Crippen LogP) is 5.60. The van der Waals surface area contributed by atoms with Crippen LogP contribution in [0.1, 0.15) is 69.4 Å². The second-order valence-electron chi connectivity index (χ2n) is 7.69. The zero-order valence-corrected chi connectivity index (χ0v) is 14.9. The summed E-state index contributed by atoms with van der Waals surface area (Å²) >= 11 is 0. The quantitative estimate of drug-likeness (QED) is 0.398. The molecule has 1 atom stereocenters. The number of rotatable bonds is 5. The van der Waals surface area contributed by atoms with Gasteiger partial charge in [-0.25, -0.2) is 4.39 Å². The first-order chi connectivity index (χ1) is 11.6. The lowest BCUT2D eigenvalue weighted by Crippen LogP contribution is -2.35. The monoisotopic (exact) mass is 332 g/mol. The maximum absolute atomic E-state index is 14.1. The number of unbranched alkanes of at least 4 members (excludes halogenated alkanes) is 2. The fraction of sp³-hybridized carbons (Fsp3) is 0.667. The number of ether oxygens (including phenoxy) is 1. The van der Waals surface area contributed by atoms with Crippen LogP contribution in [0, 0.1) is 30.5 Å². The van der Waals surface area contributed by atoms with Crippen molar-refractivity contribution in [3.05, 3.63) is 29.1 Å². The van der Waals surface area contributed by atoms with E-state index < -0.39 is 0 Å². The van der Waals surface area contributed by atoms with Gasteiger partial charge < -0.3 is 4.74 Å². The Hall–Kier alpha value is -1.38. The summed E-state index contributed by atoms with van der Waals surface area (Å²) in [6, 6.07) is 3.71. The van der Waals surface area contributed by atoms with Crippen LogP contribution >= 0.6 is 0 Å². The molecular weight excluding hydrogens is 303 g/mol. The average Bonchev–Trinajstić information content (AvgIpc) is 2.59. The van der Waals surface area contributed by atoms with Crippen molar-refractivity contribution >= 4 is 5.97 Å². The molecule has 0 spiro atoms. The van der Waals surface area contributed by atoms with Gasteiger partial charge >= 0.3 is 5.97 Å². The second kappa shape index (κ2) is 7.67. The van der Waals surface area contributed by atoms with E-state index in [4.69, 9.17) is 4.74 Å². The highest BCUT2D eigenvalue weighted by atomic mass is 19.1. The van der Waals surface area contributed by atoms with E-state index in [0.717, 1.165) is 24.3 Å². The minimum atomic E-state index is -0.376. The lowest BCUT2D eigenvalue weighted by Gasteiger charge is -2.35. The molecule has 132 valence electrons. The van der Waals surface area contributed by atoms with Gasteiger partial charge in [-0.2, -0.15) is 0 Å². The molecule has 1 aromatic carbocycles. The first kappa shape index (κ1) is 17.4. The minimum Gasteiger partial charge on any atom is -0.423 e. The summed E-state index contributed by atoms with van der Waals surface area (Å²) in [5, 5.41) is 0. The van der Waals surface area contributed by atoms with Crippen molar-refractivity contribution in [2.45, 2.75) is 71.6 Å². The van der Waals surface area contributed by atoms with Gasteiger partial charge in [-0.05, 0) is 49.1 Å². The molecule has 2 nitrogen and oxygen atoms in total. The van der Waals surface area contributed by atoms with Gasteiger partial charge in [-0.1, -0.05) is 57.6 Å². The number of halogens is 1. The summed E-state index contributed by atoms with van der Waals surface area (Å²) < 4.78 is 19.5. The highest BCUT2D eigenvalue weighted by Gasteiger charge is 2.37. The molecule has 1 heterocycles. The van der Waals surface area contributed by atoms with Crippen LogP contribution in [-0.2, 0) is 11.2 Å². The molecule has 3 heteroatoms. The third kappa shape index (κ3) is 3.65. The summed E-state index contributed by atoms with van der Waals surface area (Å²) in [5.74, 6) is 0.721. The van der Waals surface area contributed by atoms with Crippen LogP contribution < -0.4 is 4.74 Å². The average molecular weight is 332 g/mol. The number of carbonyl (C=O) groups is 1. The van der Waals surface area contributed by atoms with E-state index in [2.05, 4.69) is 6.92 Å². The van der Waals surface area contributed by atoms with Crippen molar-refractivity contribution in [3.8, 4) is 5.75 Å². The minimum absolute atomic E-state index is 0.0869. The van der Waals surface area contributed by atoms with Gasteiger partial charge in [0.05, 0.1) is 5.92 Å². The number of fused-ring (bicyclic) bond motifs is 1. The lowest BCUT2D eigenvalue weighted by molar-refractivity contribution is -0.143. The molecule has 0 N–H and O–H groups in total. The van der Waals surface area contributed by atoms with Crippen LogP contribution in [0.4, 0.5) is 4.39 Å². The van der Waals surface area contributed by atoms with Gasteiger partial charge in [0.1, 0.15) is 0 Å². The fourth-order valence-electron chi connectivity index (χ4n) is 4.38. The van der Waals surface area contributed by atoms with Crippen molar-refractivity contribution in [3.63, 3.8) is 0 Å². The Kier molecular flexibility index (Phi) is 5.57. The molecule has 1 aromatic rings. The lowest BCUT2D eigenvalue weighted by atomic mass is 9.72. The number of hydrogen-bond acceptors (Lipinski definition) is 2. The zero-order valence-electron chi connectivity index (χ0n) is 14.9. The van der Waals surface area contributed by atoms with Gasteiger partial charge in [0, 0.05) is 0 Å². The topological polar surface area (TPSA) is 26.3 Å². The maximum Gasteiger partial charge on any atom is 0.315 e. The first-order valence-electron chi connectivity index (χ1n) is 9.59. The Bertz CT molecular complexity index is 588. The Morgan fingerprint density at radius 2 is 1.92 bits per heavy atom. The number of carbonyl (C=O) groups excluding carboxylic acids is 1.